The van der Waals surface area contributed by atoms with Gasteiger partial charge in [0.15, 0.2) is 5.13 Å². The molecule has 0 atom stereocenters. The highest BCUT2D eigenvalue weighted by Gasteiger charge is 2.11. The number of rotatable bonds is 3. The lowest BCUT2D eigenvalue weighted by molar-refractivity contribution is 0.0697. The van der Waals surface area contributed by atoms with Crippen molar-refractivity contribution in [2.24, 2.45) is 0 Å². The summed E-state index contributed by atoms with van der Waals surface area (Å²) in [6, 6.07) is 12.7. The van der Waals surface area contributed by atoms with Gasteiger partial charge in [0.1, 0.15) is 0 Å². The first kappa shape index (κ1) is 14.9. The number of aromatic nitrogens is 1. The van der Waals surface area contributed by atoms with Gasteiger partial charge in [-0.05, 0) is 30.3 Å². The number of nitrogens with one attached hydrogen (secondary N) is 1. The quantitative estimate of drug-likeness (QED) is 0.771. The minimum absolute atomic E-state index is 0.0182. The number of anilines is 1. The van der Waals surface area contributed by atoms with Crippen molar-refractivity contribution in [2.75, 3.05) is 5.32 Å². The smallest absolute Gasteiger partial charge is 0.335 e. The number of amides is 1. The molecule has 0 spiro atoms. The number of nitrogens with zero attached hydrogens (tertiary/aromatic N) is 1. The largest absolute Gasteiger partial charge is 0.478 e. The Morgan fingerprint density at radius 3 is 2.48 bits per heavy atom. The Hall–Kier alpha value is -3.06. The highest BCUT2D eigenvalue weighted by atomic mass is 32.1. The minimum Gasteiger partial charge on any atom is -0.478 e. The average molecular weight is 326 g/mol. The van der Waals surface area contributed by atoms with Crippen molar-refractivity contribution in [1.82, 2.24) is 4.98 Å². The Kier molecular flexibility index (Phi) is 3.86. The summed E-state index contributed by atoms with van der Waals surface area (Å²) >= 11 is 0.759. The number of benzene rings is 2. The lowest BCUT2D eigenvalue weighted by Gasteiger charge is -2.05. The molecule has 0 aliphatic rings. The van der Waals surface area contributed by atoms with E-state index in [4.69, 9.17) is 5.11 Å². The maximum atomic E-state index is 12.1. The van der Waals surface area contributed by atoms with Crippen LogP contribution in [0.3, 0.4) is 0 Å². The molecule has 2 aromatic carbocycles. The summed E-state index contributed by atoms with van der Waals surface area (Å²) in [6.45, 7) is 0. The maximum absolute atomic E-state index is 12.1. The summed E-state index contributed by atoms with van der Waals surface area (Å²) in [7, 11) is 0. The Bertz CT molecular complexity index is 967. The lowest BCUT2D eigenvalue weighted by Crippen LogP contribution is -2.13. The van der Waals surface area contributed by atoms with Crippen LogP contribution in [0.4, 0.5) is 5.13 Å². The fourth-order valence-electron chi connectivity index (χ4n) is 2.02. The molecule has 114 valence electrons. The van der Waals surface area contributed by atoms with Crippen LogP contribution in [-0.2, 0) is 0 Å². The van der Waals surface area contributed by atoms with Crippen molar-refractivity contribution < 1.29 is 14.7 Å². The molecule has 1 aromatic heterocycles. The molecular weight excluding hydrogens is 316 g/mol. The first-order valence-corrected chi connectivity index (χ1v) is 7.41. The Morgan fingerprint density at radius 2 is 1.78 bits per heavy atom. The zero-order valence-electron chi connectivity index (χ0n) is 11.6. The van der Waals surface area contributed by atoms with E-state index in [1.165, 1.54) is 18.2 Å². The molecule has 0 bridgehead atoms. The molecule has 0 saturated carbocycles. The minimum atomic E-state index is -1.11. The maximum Gasteiger partial charge on any atom is 0.335 e. The number of carboxylic acid groups (broad SMARTS) is 1. The Balaban J connectivity index is 1.97. The van der Waals surface area contributed by atoms with E-state index in [2.05, 4.69) is 10.3 Å². The fourth-order valence-corrected chi connectivity index (χ4v) is 2.75. The van der Waals surface area contributed by atoms with Crippen LogP contribution in [0, 0.1) is 0 Å². The summed E-state index contributed by atoms with van der Waals surface area (Å²) < 4.78 is -0.360. The number of carboxylic acids is 1. The third-order valence-electron chi connectivity index (χ3n) is 3.13. The molecule has 0 saturated heterocycles. The lowest BCUT2D eigenvalue weighted by atomic mass is 10.1. The summed E-state index contributed by atoms with van der Waals surface area (Å²) in [5.41, 5.74) is 0.807. The van der Waals surface area contributed by atoms with Gasteiger partial charge in [0.05, 0.1) is 16.5 Å². The van der Waals surface area contributed by atoms with Gasteiger partial charge >= 0.3 is 5.97 Å². The second kappa shape index (κ2) is 5.98. The molecule has 1 heterocycles. The van der Waals surface area contributed by atoms with Gasteiger partial charge in [0.2, 0.25) is 4.74 Å². The predicted octanol–water partition coefficient (Wildman–Crippen LogP) is 2.61. The summed E-state index contributed by atoms with van der Waals surface area (Å²) in [5.74, 6) is -1.48. The first-order chi connectivity index (χ1) is 11.0. The second-order valence-corrected chi connectivity index (χ2v) is 5.63. The van der Waals surface area contributed by atoms with Crippen molar-refractivity contribution in [1.29, 1.82) is 0 Å². The van der Waals surface area contributed by atoms with Crippen LogP contribution in [0.1, 0.15) is 20.7 Å². The second-order valence-electron chi connectivity index (χ2n) is 4.66. The van der Waals surface area contributed by atoms with E-state index in [9.17, 15) is 14.4 Å². The zero-order chi connectivity index (χ0) is 16.4. The summed E-state index contributed by atoms with van der Waals surface area (Å²) in [5, 5.41) is 11.9. The van der Waals surface area contributed by atoms with E-state index in [1.54, 1.807) is 30.3 Å². The van der Waals surface area contributed by atoms with Crippen LogP contribution in [0.25, 0.3) is 10.9 Å². The van der Waals surface area contributed by atoms with Crippen LogP contribution in [-0.4, -0.2) is 22.0 Å². The third-order valence-corrected chi connectivity index (χ3v) is 3.92. The molecule has 1 amide bonds. The number of hydrogen-bond acceptors (Lipinski definition) is 5. The van der Waals surface area contributed by atoms with E-state index in [1.807, 2.05) is 0 Å². The number of aromatic carboxylic acids is 1. The number of hydrogen-bond donors (Lipinski definition) is 2. The Labute approximate surface area is 134 Å². The summed E-state index contributed by atoms with van der Waals surface area (Å²) in [4.78, 5) is 39.4. The molecule has 3 aromatic rings. The Morgan fingerprint density at radius 1 is 1.04 bits per heavy atom. The van der Waals surface area contributed by atoms with Crippen LogP contribution in [0.5, 0.6) is 0 Å². The molecular formula is C16H10N2O4S. The summed E-state index contributed by atoms with van der Waals surface area (Å²) in [6.07, 6.45) is 0. The van der Waals surface area contributed by atoms with Gasteiger partial charge in [0, 0.05) is 5.56 Å². The fraction of sp³-hybridized carbons (Fsp3) is 0. The normalized spacial score (nSPS) is 10.4. The molecule has 0 fully saturated rings. The van der Waals surface area contributed by atoms with Gasteiger partial charge in [-0.2, -0.15) is 0 Å². The molecule has 0 aliphatic heterocycles. The molecule has 3 rings (SSSR count). The van der Waals surface area contributed by atoms with Gasteiger partial charge < -0.3 is 5.11 Å². The van der Waals surface area contributed by atoms with Crippen LogP contribution >= 0.6 is 11.3 Å². The number of carbonyl (C=O) groups is 2. The third kappa shape index (κ3) is 3.09. The molecule has 0 aliphatic carbocycles. The molecule has 23 heavy (non-hydrogen) atoms. The zero-order valence-corrected chi connectivity index (χ0v) is 12.5. The van der Waals surface area contributed by atoms with E-state index < -0.39 is 5.97 Å². The SMILES string of the molecule is O=C(O)c1ccc2nc(NC(=O)c3ccccc3)sc(=O)c2c1. The van der Waals surface area contributed by atoms with Crippen molar-refractivity contribution in [3.63, 3.8) is 0 Å². The first-order valence-electron chi connectivity index (χ1n) is 6.59. The van der Waals surface area contributed by atoms with Crippen molar-refractivity contribution in [3.05, 3.63) is 69.2 Å². The van der Waals surface area contributed by atoms with Gasteiger partial charge in [-0.1, -0.05) is 29.5 Å². The topological polar surface area (TPSA) is 96.4 Å². The van der Waals surface area contributed by atoms with Gasteiger partial charge in [-0.25, -0.2) is 9.78 Å². The van der Waals surface area contributed by atoms with E-state index in [-0.39, 0.29) is 26.7 Å². The molecule has 6 nitrogen and oxygen atoms in total. The number of carbonyl (C=O) groups excluding carboxylic acids is 1. The van der Waals surface area contributed by atoms with E-state index in [0.717, 1.165) is 11.3 Å². The van der Waals surface area contributed by atoms with Crippen molar-refractivity contribution in [2.45, 2.75) is 0 Å². The van der Waals surface area contributed by atoms with E-state index in [0.29, 0.717) is 11.1 Å². The van der Waals surface area contributed by atoms with Crippen molar-refractivity contribution >= 4 is 39.2 Å². The van der Waals surface area contributed by atoms with Crippen molar-refractivity contribution in [3.8, 4) is 0 Å². The number of fused-ring (bicyclic) bond motifs is 1. The van der Waals surface area contributed by atoms with Crippen LogP contribution in [0.15, 0.2) is 53.3 Å². The standard InChI is InChI=1S/C16H10N2O4S/c19-13(9-4-2-1-3-5-9)18-16-17-12-7-6-10(14(20)21)8-11(12)15(22)23-16/h1-8H,(H,20,21)(H,17,18,19). The molecule has 2 N–H and O–H groups in total. The monoisotopic (exact) mass is 326 g/mol. The van der Waals surface area contributed by atoms with Gasteiger partial charge in [0.25, 0.3) is 5.91 Å². The molecule has 7 heteroatoms. The predicted molar refractivity (Wildman–Crippen MR) is 87.2 cm³/mol. The highest BCUT2D eigenvalue weighted by molar-refractivity contribution is 7.13. The van der Waals surface area contributed by atoms with Crippen LogP contribution in [0.2, 0.25) is 0 Å². The average Bonchev–Trinajstić information content (AvgIpc) is 2.55. The molecule has 0 radical (unpaired) electrons. The van der Waals surface area contributed by atoms with Gasteiger partial charge in [-0.3, -0.25) is 14.9 Å². The molecule has 0 unspecified atom stereocenters. The van der Waals surface area contributed by atoms with Crippen LogP contribution < -0.4 is 10.1 Å². The van der Waals surface area contributed by atoms with E-state index >= 15 is 0 Å². The van der Waals surface area contributed by atoms with Gasteiger partial charge in [-0.15, -0.1) is 0 Å². The highest BCUT2D eigenvalue weighted by Crippen LogP contribution is 2.17.